The number of anilines is 1. The van der Waals surface area contributed by atoms with Crippen molar-refractivity contribution in [3.8, 4) is 11.5 Å². The zero-order valence-electron chi connectivity index (χ0n) is 15.8. The van der Waals surface area contributed by atoms with Gasteiger partial charge in [-0.3, -0.25) is 14.9 Å². The Morgan fingerprint density at radius 1 is 1.10 bits per heavy atom. The number of rotatable bonds is 5. The molecule has 0 radical (unpaired) electrons. The van der Waals surface area contributed by atoms with Crippen LogP contribution in [-0.4, -0.2) is 43.1 Å². The number of carboxylic acid groups (broad SMARTS) is 1. The van der Waals surface area contributed by atoms with Gasteiger partial charge in [-0.25, -0.2) is 14.5 Å². The molecular weight excluding hydrogens is 460 g/mol. The van der Waals surface area contributed by atoms with Crippen molar-refractivity contribution in [2.45, 2.75) is 0 Å². The number of carboxylic acids is 1. The lowest BCUT2D eigenvalue weighted by molar-refractivity contribution is -0.122. The van der Waals surface area contributed by atoms with Crippen LogP contribution in [0, 0.1) is 0 Å². The molecule has 154 valence electrons. The number of imide groups is 2. The van der Waals surface area contributed by atoms with E-state index in [1.165, 1.54) is 44.6 Å². The summed E-state index contributed by atoms with van der Waals surface area (Å²) in [5.74, 6) is -2.04. The van der Waals surface area contributed by atoms with Crippen LogP contribution < -0.4 is 19.7 Å². The number of nitrogens with zero attached hydrogens (tertiary/aromatic N) is 1. The highest BCUT2D eigenvalue weighted by Gasteiger charge is 2.37. The number of benzene rings is 2. The molecule has 2 aromatic rings. The monoisotopic (exact) mass is 474 g/mol. The zero-order chi connectivity index (χ0) is 22.0. The molecule has 2 aromatic carbocycles. The number of carbonyl (C=O) groups is 4. The summed E-state index contributed by atoms with van der Waals surface area (Å²) >= 11 is 3.34. The molecular formula is C20H15BrN2O7. The van der Waals surface area contributed by atoms with Gasteiger partial charge in [0.1, 0.15) is 5.57 Å². The number of nitrogens with one attached hydrogen (secondary N) is 1. The maximum Gasteiger partial charge on any atom is 0.335 e. The highest BCUT2D eigenvalue weighted by Crippen LogP contribution is 2.37. The second-order valence-electron chi connectivity index (χ2n) is 6.05. The van der Waals surface area contributed by atoms with Gasteiger partial charge in [0.05, 0.1) is 29.9 Å². The number of urea groups is 1. The van der Waals surface area contributed by atoms with Crippen LogP contribution >= 0.6 is 15.9 Å². The van der Waals surface area contributed by atoms with E-state index >= 15 is 0 Å². The smallest absolute Gasteiger partial charge is 0.335 e. The minimum absolute atomic E-state index is 0.00867. The van der Waals surface area contributed by atoms with Crippen LogP contribution in [0.15, 0.2) is 46.4 Å². The second-order valence-corrected chi connectivity index (χ2v) is 6.90. The van der Waals surface area contributed by atoms with Crippen molar-refractivity contribution in [2.24, 2.45) is 0 Å². The summed E-state index contributed by atoms with van der Waals surface area (Å²) < 4.78 is 11.0. The first-order chi connectivity index (χ1) is 14.3. The standard InChI is InChI=1S/C20H15BrN2O7/c1-29-15-9-10(8-14(21)16(15)30-2)7-13-17(24)22-20(28)23(18(13)25)12-5-3-11(4-6-12)19(26)27/h3-9H,1-2H3,(H,26,27)(H,22,24,28)/b13-7-. The van der Waals surface area contributed by atoms with Crippen molar-refractivity contribution >= 4 is 51.5 Å². The number of methoxy groups -OCH3 is 2. The molecule has 30 heavy (non-hydrogen) atoms. The van der Waals surface area contributed by atoms with Crippen LogP contribution in [-0.2, 0) is 9.59 Å². The summed E-state index contributed by atoms with van der Waals surface area (Å²) in [6, 6.07) is 7.38. The Bertz CT molecular complexity index is 1090. The predicted octanol–water partition coefficient (Wildman–Crippen LogP) is 2.83. The number of halogens is 1. The summed E-state index contributed by atoms with van der Waals surface area (Å²) in [6.45, 7) is 0. The Balaban J connectivity index is 2.02. The predicted molar refractivity (Wildman–Crippen MR) is 110 cm³/mol. The lowest BCUT2D eigenvalue weighted by Gasteiger charge is -2.26. The van der Waals surface area contributed by atoms with Crippen molar-refractivity contribution in [3.63, 3.8) is 0 Å². The number of barbiturate groups is 1. The molecule has 0 bridgehead atoms. The first-order valence-corrected chi connectivity index (χ1v) is 9.22. The second kappa shape index (κ2) is 8.37. The van der Waals surface area contributed by atoms with E-state index in [2.05, 4.69) is 21.2 Å². The van der Waals surface area contributed by atoms with Crippen molar-refractivity contribution in [2.75, 3.05) is 19.1 Å². The van der Waals surface area contributed by atoms with Crippen LogP contribution in [0.5, 0.6) is 11.5 Å². The van der Waals surface area contributed by atoms with Gasteiger partial charge in [0, 0.05) is 0 Å². The van der Waals surface area contributed by atoms with E-state index in [1.807, 2.05) is 0 Å². The Kier molecular flexibility index (Phi) is 5.88. The lowest BCUT2D eigenvalue weighted by Crippen LogP contribution is -2.54. The number of aromatic carboxylic acids is 1. The Morgan fingerprint density at radius 3 is 2.33 bits per heavy atom. The van der Waals surface area contributed by atoms with Crippen LogP contribution in [0.25, 0.3) is 6.08 Å². The Hall–Kier alpha value is -3.66. The highest BCUT2D eigenvalue weighted by atomic mass is 79.9. The number of carbonyl (C=O) groups excluding carboxylic acids is 3. The summed E-state index contributed by atoms with van der Waals surface area (Å²) in [4.78, 5) is 49.3. The fraction of sp³-hybridized carbons (Fsp3) is 0.100. The van der Waals surface area contributed by atoms with Crippen molar-refractivity contribution in [3.05, 3.63) is 57.6 Å². The molecule has 0 saturated carbocycles. The van der Waals surface area contributed by atoms with Crippen molar-refractivity contribution < 1.29 is 33.8 Å². The Morgan fingerprint density at radius 2 is 1.77 bits per heavy atom. The number of ether oxygens (including phenoxy) is 2. The van der Waals surface area contributed by atoms with E-state index in [1.54, 1.807) is 12.1 Å². The molecule has 0 aromatic heterocycles. The number of amides is 4. The van der Waals surface area contributed by atoms with Crippen LogP contribution in [0.4, 0.5) is 10.5 Å². The van der Waals surface area contributed by atoms with Gasteiger partial charge in [-0.05, 0) is 64.0 Å². The molecule has 10 heteroatoms. The van der Waals surface area contributed by atoms with E-state index < -0.39 is 23.8 Å². The highest BCUT2D eigenvalue weighted by molar-refractivity contribution is 9.10. The first-order valence-electron chi connectivity index (χ1n) is 8.43. The van der Waals surface area contributed by atoms with Crippen molar-refractivity contribution in [1.82, 2.24) is 5.32 Å². The maximum absolute atomic E-state index is 12.9. The zero-order valence-corrected chi connectivity index (χ0v) is 17.3. The first kappa shape index (κ1) is 21.1. The molecule has 2 N–H and O–H groups in total. The number of hydrogen-bond donors (Lipinski definition) is 2. The minimum Gasteiger partial charge on any atom is -0.493 e. The Labute approximate surface area is 179 Å². The van der Waals surface area contributed by atoms with Gasteiger partial charge < -0.3 is 14.6 Å². The van der Waals surface area contributed by atoms with Gasteiger partial charge in [-0.2, -0.15) is 0 Å². The van der Waals surface area contributed by atoms with E-state index in [9.17, 15) is 19.2 Å². The molecule has 1 saturated heterocycles. The molecule has 0 unspecified atom stereocenters. The largest absolute Gasteiger partial charge is 0.493 e. The molecule has 1 aliphatic heterocycles. The van der Waals surface area contributed by atoms with E-state index in [-0.39, 0.29) is 16.8 Å². The number of hydrogen-bond acceptors (Lipinski definition) is 6. The topological polar surface area (TPSA) is 122 Å². The SMILES string of the molecule is COc1cc(/C=C2/C(=O)NC(=O)N(c3ccc(C(=O)O)cc3)C2=O)cc(Br)c1OC. The molecule has 1 fully saturated rings. The van der Waals surface area contributed by atoms with Gasteiger partial charge in [0.2, 0.25) is 0 Å². The van der Waals surface area contributed by atoms with Gasteiger partial charge in [0.25, 0.3) is 11.8 Å². The normalized spacial score (nSPS) is 15.2. The summed E-state index contributed by atoms with van der Waals surface area (Å²) in [5.41, 5.74) is 0.282. The third-order valence-electron chi connectivity index (χ3n) is 4.24. The van der Waals surface area contributed by atoms with Crippen LogP contribution in [0.3, 0.4) is 0 Å². The fourth-order valence-electron chi connectivity index (χ4n) is 2.83. The van der Waals surface area contributed by atoms with Gasteiger partial charge in [-0.1, -0.05) is 0 Å². The van der Waals surface area contributed by atoms with Gasteiger partial charge >= 0.3 is 12.0 Å². The quantitative estimate of drug-likeness (QED) is 0.504. The third-order valence-corrected chi connectivity index (χ3v) is 4.83. The fourth-order valence-corrected chi connectivity index (χ4v) is 3.45. The van der Waals surface area contributed by atoms with E-state index in [0.717, 1.165) is 4.90 Å². The molecule has 4 amide bonds. The third kappa shape index (κ3) is 3.90. The van der Waals surface area contributed by atoms with Gasteiger partial charge in [0.15, 0.2) is 11.5 Å². The minimum atomic E-state index is -1.15. The molecule has 0 spiro atoms. The average molecular weight is 475 g/mol. The van der Waals surface area contributed by atoms with E-state index in [4.69, 9.17) is 14.6 Å². The maximum atomic E-state index is 12.9. The summed E-state index contributed by atoms with van der Waals surface area (Å²) in [6.07, 6.45) is 1.31. The molecule has 3 rings (SSSR count). The van der Waals surface area contributed by atoms with Crippen molar-refractivity contribution in [1.29, 1.82) is 0 Å². The molecule has 1 heterocycles. The average Bonchev–Trinajstić information content (AvgIpc) is 2.70. The lowest BCUT2D eigenvalue weighted by atomic mass is 10.1. The van der Waals surface area contributed by atoms with Crippen LogP contribution in [0.1, 0.15) is 15.9 Å². The molecule has 0 aliphatic carbocycles. The molecule has 1 aliphatic rings. The van der Waals surface area contributed by atoms with Gasteiger partial charge in [-0.15, -0.1) is 0 Å². The summed E-state index contributed by atoms with van der Waals surface area (Å²) in [7, 11) is 2.92. The summed E-state index contributed by atoms with van der Waals surface area (Å²) in [5, 5.41) is 11.1. The molecule has 9 nitrogen and oxygen atoms in total. The van der Waals surface area contributed by atoms with Crippen LogP contribution in [0.2, 0.25) is 0 Å². The molecule has 0 atom stereocenters. The van der Waals surface area contributed by atoms with E-state index in [0.29, 0.717) is 21.5 Å².